The number of hydrogen-bond acceptors (Lipinski definition) is 2. The van der Waals surface area contributed by atoms with Crippen molar-refractivity contribution in [3.05, 3.63) is 41.1 Å². The van der Waals surface area contributed by atoms with Crippen LogP contribution < -0.4 is 4.74 Å². The standard InChI is InChI=1S/C17H23BrN2O/c1-6-17(3,4)13-7-9-14(10-8-13)21-16-15(11-18)12(2)19-20(16)5/h7-10H,6,11H2,1-5H3. The normalized spacial score (nSPS) is 11.7. The number of aromatic nitrogens is 2. The Hall–Kier alpha value is -1.29. The molecule has 0 saturated heterocycles. The van der Waals surface area contributed by atoms with Gasteiger partial charge in [-0.05, 0) is 36.5 Å². The van der Waals surface area contributed by atoms with Crippen LogP contribution in [0.2, 0.25) is 0 Å². The Kier molecular flexibility index (Phi) is 4.77. The van der Waals surface area contributed by atoms with Crippen molar-refractivity contribution in [2.45, 2.75) is 44.9 Å². The number of alkyl halides is 1. The van der Waals surface area contributed by atoms with Gasteiger partial charge in [0.1, 0.15) is 5.75 Å². The maximum absolute atomic E-state index is 6.02. The van der Waals surface area contributed by atoms with Gasteiger partial charge < -0.3 is 4.74 Å². The van der Waals surface area contributed by atoms with Gasteiger partial charge in [-0.15, -0.1) is 0 Å². The van der Waals surface area contributed by atoms with Gasteiger partial charge in [-0.25, -0.2) is 4.68 Å². The van der Waals surface area contributed by atoms with Crippen LogP contribution in [0.4, 0.5) is 0 Å². The number of aryl methyl sites for hydroxylation is 2. The largest absolute Gasteiger partial charge is 0.439 e. The van der Waals surface area contributed by atoms with E-state index in [4.69, 9.17) is 4.74 Å². The molecule has 3 nitrogen and oxygen atoms in total. The fourth-order valence-corrected chi connectivity index (χ4v) is 2.90. The molecular weight excluding hydrogens is 328 g/mol. The van der Waals surface area contributed by atoms with Crippen molar-refractivity contribution in [1.29, 1.82) is 0 Å². The van der Waals surface area contributed by atoms with Gasteiger partial charge in [0.2, 0.25) is 5.88 Å². The number of benzene rings is 1. The van der Waals surface area contributed by atoms with Crippen LogP contribution in [0.3, 0.4) is 0 Å². The zero-order valence-corrected chi connectivity index (χ0v) is 15.0. The molecule has 0 saturated carbocycles. The number of halogens is 1. The summed E-state index contributed by atoms with van der Waals surface area (Å²) in [5, 5.41) is 5.15. The van der Waals surface area contributed by atoms with E-state index in [1.165, 1.54) is 5.56 Å². The van der Waals surface area contributed by atoms with Gasteiger partial charge in [0.05, 0.1) is 5.69 Å². The molecule has 0 bridgehead atoms. The topological polar surface area (TPSA) is 27.1 Å². The van der Waals surface area contributed by atoms with Crippen LogP contribution in [-0.2, 0) is 17.8 Å². The van der Waals surface area contributed by atoms with Crippen LogP contribution in [0.1, 0.15) is 44.0 Å². The van der Waals surface area contributed by atoms with E-state index in [9.17, 15) is 0 Å². The molecule has 0 N–H and O–H groups in total. The van der Waals surface area contributed by atoms with Gasteiger partial charge in [-0.1, -0.05) is 48.8 Å². The summed E-state index contributed by atoms with van der Waals surface area (Å²) in [6, 6.07) is 8.37. The number of nitrogens with zero attached hydrogens (tertiary/aromatic N) is 2. The Morgan fingerprint density at radius 1 is 1.24 bits per heavy atom. The van der Waals surface area contributed by atoms with Crippen LogP contribution in [0.25, 0.3) is 0 Å². The van der Waals surface area contributed by atoms with Gasteiger partial charge >= 0.3 is 0 Å². The summed E-state index contributed by atoms with van der Waals surface area (Å²) in [5.74, 6) is 1.64. The van der Waals surface area contributed by atoms with E-state index in [1.807, 2.05) is 26.1 Å². The van der Waals surface area contributed by atoms with Crippen molar-refractivity contribution in [2.24, 2.45) is 7.05 Å². The molecule has 0 fully saturated rings. The van der Waals surface area contributed by atoms with Crippen molar-refractivity contribution < 1.29 is 4.74 Å². The second-order valence-corrected chi connectivity index (χ2v) is 6.55. The van der Waals surface area contributed by atoms with E-state index in [1.54, 1.807) is 4.68 Å². The van der Waals surface area contributed by atoms with Crippen LogP contribution in [0.15, 0.2) is 24.3 Å². The minimum absolute atomic E-state index is 0.197. The molecule has 0 radical (unpaired) electrons. The fraction of sp³-hybridized carbons (Fsp3) is 0.471. The lowest BCUT2D eigenvalue weighted by Gasteiger charge is -2.23. The first-order valence-corrected chi connectivity index (χ1v) is 8.38. The third-order valence-corrected chi connectivity index (χ3v) is 4.72. The molecule has 0 aliphatic carbocycles. The molecule has 114 valence electrons. The van der Waals surface area contributed by atoms with Crippen LogP contribution >= 0.6 is 15.9 Å². The van der Waals surface area contributed by atoms with Crippen LogP contribution in [0.5, 0.6) is 11.6 Å². The molecule has 0 aliphatic heterocycles. The summed E-state index contributed by atoms with van der Waals surface area (Å²) in [4.78, 5) is 0. The zero-order valence-electron chi connectivity index (χ0n) is 13.4. The summed E-state index contributed by atoms with van der Waals surface area (Å²) in [5.41, 5.74) is 3.62. The van der Waals surface area contributed by atoms with Gasteiger partial charge in [0.25, 0.3) is 0 Å². The van der Waals surface area contributed by atoms with Gasteiger partial charge in [-0.2, -0.15) is 5.10 Å². The third-order valence-electron chi connectivity index (χ3n) is 4.16. The SMILES string of the molecule is CCC(C)(C)c1ccc(Oc2c(CBr)c(C)nn2C)cc1. The van der Waals surface area contributed by atoms with Crippen LogP contribution in [-0.4, -0.2) is 9.78 Å². The molecule has 2 aromatic rings. The highest BCUT2D eigenvalue weighted by molar-refractivity contribution is 9.08. The molecule has 4 heteroatoms. The lowest BCUT2D eigenvalue weighted by atomic mass is 9.82. The molecule has 0 aliphatic rings. The van der Waals surface area contributed by atoms with E-state index in [0.717, 1.165) is 34.6 Å². The number of ether oxygens (including phenoxy) is 1. The molecule has 0 spiro atoms. The lowest BCUT2D eigenvalue weighted by molar-refractivity contribution is 0.426. The fourth-order valence-electron chi connectivity index (χ4n) is 2.25. The molecule has 2 rings (SSSR count). The van der Waals surface area contributed by atoms with E-state index >= 15 is 0 Å². The Labute approximate surface area is 135 Å². The minimum atomic E-state index is 0.197. The lowest BCUT2D eigenvalue weighted by Crippen LogP contribution is -2.14. The Bertz CT molecular complexity index is 614. The van der Waals surface area contributed by atoms with Gasteiger partial charge in [0, 0.05) is 17.9 Å². The summed E-state index contributed by atoms with van der Waals surface area (Å²) in [6.07, 6.45) is 1.11. The Morgan fingerprint density at radius 2 is 1.86 bits per heavy atom. The van der Waals surface area contributed by atoms with Crippen molar-refractivity contribution >= 4 is 15.9 Å². The highest BCUT2D eigenvalue weighted by Crippen LogP contribution is 2.31. The molecule has 1 heterocycles. The second-order valence-electron chi connectivity index (χ2n) is 5.99. The van der Waals surface area contributed by atoms with E-state index < -0.39 is 0 Å². The van der Waals surface area contributed by atoms with Crippen LogP contribution in [0, 0.1) is 6.92 Å². The summed E-state index contributed by atoms with van der Waals surface area (Å²) in [6.45, 7) is 8.73. The van der Waals surface area contributed by atoms with Gasteiger partial charge in [0.15, 0.2) is 0 Å². The zero-order chi connectivity index (χ0) is 15.6. The summed E-state index contributed by atoms with van der Waals surface area (Å²) in [7, 11) is 1.91. The monoisotopic (exact) mass is 350 g/mol. The summed E-state index contributed by atoms with van der Waals surface area (Å²) >= 11 is 3.50. The van der Waals surface area contributed by atoms with Crippen molar-refractivity contribution in [2.75, 3.05) is 0 Å². The number of rotatable bonds is 5. The molecule has 0 atom stereocenters. The first-order chi connectivity index (χ1) is 9.89. The molecule has 1 aromatic carbocycles. The molecular formula is C17H23BrN2O. The van der Waals surface area contributed by atoms with Crippen molar-refractivity contribution in [3.63, 3.8) is 0 Å². The molecule has 0 unspecified atom stereocenters. The minimum Gasteiger partial charge on any atom is -0.439 e. The summed E-state index contributed by atoms with van der Waals surface area (Å²) < 4.78 is 7.81. The number of hydrogen-bond donors (Lipinski definition) is 0. The Morgan fingerprint density at radius 3 is 2.38 bits per heavy atom. The highest BCUT2D eigenvalue weighted by Gasteiger charge is 2.18. The molecule has 1 aromatic heterocycles. The highest BCUT2D eigenvalue weighted by atomic mass is 79.9. The van der Waals surface area contributed by atoms with E-state index in [2.05, 4.69) is 53.9 Å². The maximum Gasteiger partial charge on any atom is 0.221 e. The third kappa shape index (κ3) is 3.31. The predicted molar refractivity (Wildman–Crippen MR) is 90.4 cm³/mol. The average Bonchev–Trinajstić information content (AvgIpc) is 2.73. The predicted octanol–water partition coefficient (Wildman–Crippen LogP) is 5.10. The first-order valence-electron chi connectivity index (χ1n) is 7.26. The first kappa shape index (κ1) is 16.1. The molecule has 21 heavy (non-hydrogen) atoms. The van der Waals surface area contributed by atoms with E-state index in [0.29, 0.717) is 0 Å². The Balaban J connectivity index is 2.26. The van der Waals surface area contributed by atoms with Gasteiger partial charge in [-0.3, -0.25) is 0 Å². The van der Waals surface area contributed by atoms with Crippen molar-refractivity contribution in [3.8, 4) is 11.6 Å². The maximum atomic E-state index is 6.02. The quantitative estimate of drug-likeness (QED) is 0.701. The molecule has 0 amide bonds. The second kappa shape index (κ2) is 6.22. The smallest absolute Gasteiger partial charge is 0.221 e. The van der Waals surface area contributed by atoms with E-state index in [-0.39, 0.29) is 5.41 Å². The average molecular weight is 351 g/mol. The van der Waals surface area contributed by atoms with Crippen molar-refractivity contribution in [1.82, 2.24) is 9.78 Å².